The van der Waals surface area contributed by atoms with Crippen molar-refractivity contribution in [1.82, 2.24) is 4.98 Å². The van der Waals surface area contributed by atoms with Gasteiger partial charge >= 0.3 is 0 Å². The largest absolute Gasteiger partial charge is 0.256 e. The first-order chi connectivity index (χ1) is 7.45. The molecular formula is C14H9N. The summed E-state index contributed by atoms with van der Waals surface area (Å²) in [5.41, 5.74) is 7.68. The van der Waals surface area contributed by atoms with Crippen LogP contribution in [0.25, 0.3) is 23.4 Å². The molecule has 1 aliphatic carbocycles. The molecule has 0 saturated carbocycles. The quantitative estimate of drug-likeness (QED) is 0.496. The summed E-state index contributed by atoms with van der Waals surface area (Å²) in [5, 5.41) is 0. The van der Waals surface area contributed by atoms with E-state index in [-0.39, 0.29) is 0 Å². The molecule has 0 bridgehead atoms. The van der Waals surface area contributed by atoms with Gasteiger partial charge in [-0.1, -0.05) is 30.3 Å². The fourth-order valence-corrected chi connectivity index (χ4v) is 1.82. The van der Waals surface area contributed by atoms with Crippen LogP contribution < -0.4 is 0 Å². The Morgan fingerprint density at radius 1 is 0.867 bits per heavy atom. The van der Waals surface area contributed by atoms with E-state index < -0.39 is 0 Å². The van der Waals surface area contributed by atoms with Crippen LogP contribution in [-0.2, 0) is 0 Å². The number of aromatic nitrogens is 1. The van der Waals surface area contributed by atoms with Crippen LogP contribution in [0.3, 0.4) is 0 Å². The standard InChI is InChI=1S/C14H9N/c1-2-9-13-11(5-1)6-3-7-12-8-4-10-15-14(12)13/h1-2,4-10H. The second kappa shape index (κ2) is 3.23. The van der Waals surface area contributed by atoms with Crippen molar-refractivity contribution >= 4 is 12.2 Å². The van der Waals surface area contributed by atoms with Crippen molar-refractivity contribution in [3.8, 4) is 11.3 Å². The number of nitrogens with zero attached hydrogens (tertiary/aromatic N) is 1. The summed E-state index contributed by atoms with van der Waals surface area (Å²) >= 11 is 0. The molecule has 0 aliphatic heterocycles. The number of benzene rings is 1. The SMILES string of the molecule is C1=Cc2ccccc2-c2ncccc2C=1. The number of rotatable bonds is 0. The lowest BCUT2D eigenvalue weighted by Gasteiger charge is -2.05. The van der Waals surface area contributed by atoms with Gasteiger partial charge in [0.2, 0.25) is 0 Å². The minimum atomic E-state index is 1.04. The second-order valence-corrected chi connectivity index (χ2v) is 3.48. The Kier molecular flexibility index (Phi) is 1.77. The Bertz CT molecular complexity index is 526. The highest BCUT2D eigenvalue weighted by molar-refractivity contribution is 5.82. The third kappa shape index (κ3) is 1.30. The molecule has 1 aliphatic rings. The van der Waals surface area contributed by atoms with E-state index in [1.54, 1.807) is 0 Å². The molecule has 0 amide bonds. The topological polar surface area (TPSA) is 12.9 Å². The Balaban J connectivity index is 2.40. The summed E-state index contributed by atoms with van der Waals surface area (Å²) in [5.74, 6) is 0. The maximum Gasteiger partial charge on any atom is 0.0786 e. The zero-order chi connectivity index (χ0) is 10.1. The van der Waals surface area contributed by atoms with Crippen LogP contribution in [0, 0.1) is 0 Å². The smallest absolute Gasteiger partial charge is 0.0786 e. The van der Waals surface area contributed by atoms with Crippen LogP contribution in [0.1, 0.15) is 11.1 Å². The van der Waals surface area contributed by atoms with Crippen LogP contribution in [0.15, 0.2) is 48.3 Å². The lowest BCUT2D eigenvalue weighted by atomic mass is 10.0. The van der Waals surface area contributed by atoms with Gasteiger partial charge in [0.05, 0.1) is 5.69 Å². The van der Waals surface area contributed by atoms with Crippen molar-refractivity contribution in [2.45, 2.75) is 0 Å². The molecule has 0 atom stereocenters. The molecule has 70 valence electrons. The van der Waals surface area contributed by atoms with E-state index in [1.165, 1.54) is 11.1 Å². The molecule has 1 heteroatoms. The van der Waals surface area contributed by atoms with Crippen molar-refractivity contribution < 1.29 is 0 Å². The van der Waals surface area contributed by atoms with Crippen LogP contribution in [-0.4, -0.2) is 4.98 Å². The Morgan fingerprint density at radius 2 is 1.67 bits per heavy atom. The van der Waals surface area contributed by atoms with Gasteiger partial charge in [0.15, 0.2) is 0 Å². The van der Waals surface area contributed by atoms with Crippen molar-refractivity contribution in [2.24, 2.45) is 0 Å². The number of hydrogen-bond acceptors (Lipinski definition) is 1. The second-order valence-electron chi connectivity index (χ2n) is 3.48. The molecule has 0 fully saturated rings. The van der Waals surface area contributed by atoms with E-state index >= 15 is 0 Å². The van der Waals surface area contributed by atoms with Crippen LogP contribution >= 0.6 is 0 Å². The minimum absolute atomic E-state index is 1.04. The summed E-state index contributed by atoms with van der Waals surface area (Å²) in [6.45, 7) is 0. The van der Waals surface area contributed by atoms with Gasteiger partial charge in [0, 0.05) is 17.3 Å². The van der Waals surface area contributed by atoms with Crippen LogP contribution in [0.4, 0.5) is 0 Å². The molecular weight excluding hydrogens is 182 g/mol. The van der Waals surface area contributed by atoms with Gasteiger partial charge in [-0.05, 0) is 23.8 Å². The third-order valence-electron chi connectivity index (χ3n) is 2.53. The molecule has 1 aromatic heterocycles. The molecule has 3 rings (SSSR count). The molecule has 0 spiro atoms. The van der Waals surface area contributed by atoms with Crippen LogP contribution in [0.2, 0.25) is 0 Å². The van der Waals surface area contributed by atoms with Gasteiger partial charge < -0.3 is 0 Å². The molecule has 1 aromatic carbocycles. The highest BCUT2D eigenvalue weighted by Crippen LogP contribution is 2.28. The summed E-state index contributed by atoms with van der Waals surface area (Å²) in [6.07, 6.45) is 5.80. The third-order valence-corrected chi connectivity index (χ3v) is 2.53. The van der Waals surface area contributed by atoms with E-state index in [0.717, 1.165) is 11.3 Å². The average Bonchev–Trinajstić information content (AvgIpc) is 2.48. The maximum absolute atomic E-state index is 4.43. The summed E-state index contributed by atoms with van der Waals surface area (Å²) in [6, 6.07) is 12.3. The van der Waals surface area contributed by atoms with Gasteiger partial charge in [-0.25, -0.2) is 0 Å². The van der Waals surface area contributed by atoms with Crippen molar-refractivity contribution in [3.05, 3.63) is 59.5 Å². The summed E-state index contributed by atoms with van der Waals surface area (Å²) in [4.78, 5) is 4.43. The molecule has 2 aromatic rings. The Morgan fingerprint density at radius 3 is 2.67 bits per heavy atom. The van der Waals surface area contributed by atoms with Crippen molar-refractivity contribution in [2.75, 3.05) is 0 Å². The number of fused-ring (bicyclic) bond motifs is 3. The minimum Gasteiger partial charge on any atom is -0.256 e. The number of hydrogen-bond donors (Lipinski definition) is 0. The lowest BCUT2D eigenvalue weighted by molar-refractivity contribution is 1.31. The Hall–Kier alpha value is -2.11. The zero-order valence-corrected chi connectivity index (χ0v) is 8.14. The van der Waals surface area contributed by atoms with Crippen LogP contribution in [0.5, 0.6) is 0 Å². The molecule has 0 saturated heterocycles. The Labute approximate surface area is 88.4 Å². The van der Waals surface area contributed by atoms with Crippen molar-refractivity contribution in [1.29, 1.82) is 0 Å². The molecule has 0 unspecified atom stereocenters. The summed E-state index contributed by atoms with van der Waals surface area (Å²) < 4.78 is 0. The van der Waals surface area contributed by atoms with Gasteiger partial charge in [-0.3, -0.25) is 4.98 Å². The monoisotopic (exact) mass is 191 g/mol. The highest BCUT2D eigenvalue weighted by Gasteiger charge is 2.08. The van der Waals surface area contributed by atoms with E-state index in [9.17, 15) is 0 Å². The average molecular weight is 191 g/mol. The fourth-order valence-electron chi connectivity index (χ4n) is 1.82. The first-order valence-corrected chi connectivity index (χ1v) is 4.92. The normalized spacial score (nSPS) is 11.7. The van der Waals surface area contributed by atoms with Gasteiger partial charge in [-0.2, -0.15) is 0 Å². The van der Waals surface area contributed by atoms with E-state index in [4.69, 9.17) is 0 Å². The lowest BCUT2D eigenvalue weighted by Crippen LogP contribution is -1.88. The molecule has 1 nitrogen and oxygen atoms in total. The first-order valence-electron chi connectivity index (χ1n) is 4.92. The van der Waals surface area contributed by atoms with Crippen molar-refractivity contribution in [3.63, 3.8) is 0 Å². The van der Waals surface area contributed by atoms with E-state index in [0.29, 0.717) is 0 Å². The molecule has 15 heavy (non-hydrogen) atoms. The maximum atomic E-state index is 4.43. The summed E-state index contributed by atoms with van der Waals surface area (Å²) in [7, 11) is 0. The van der Waals surface area contributed by atoms with E-state index in [2.05, 4.69) is 28.9 Å². The van der Waals surface area contributed by atoms with Gasteiger partial charge in [0.1, 0.15) is 0 Å². The van der Waals surface area contributed by atoms with Gasteiger partial charge in [0.25, 0.3) is 0 Å². The predicted molar refractivity (Wildman–Crippen MR) is 62.1 cm³/mol. The molecule has 1 heterocycles. The highest BCUT2D eigenvalue weighted by atomic mass is 14.7. The zero-order valence-electron chi connectivity index (χ0n) is 8.14. The number of pyridine rings is 1. The molecule has 0 N–H and O–H groups in total. The molecule has 0 radical (unpaired) electrons. The van der Waals surface area contributed by atoms with Gasteiger partial charge in [-0.15, -0.1) is 5.73 Å². The fraction of sp³-hybridized carbons (Fsp3) is 0. The van der Waals surface area contributed by atoms with E-state index in [1.807, 2.05) is 36.5 Å². The predicted octanol–water partition coefficient (Wildman–Crippen LogP) is 3.39. The first kappa shape index (κ1) is 8.22.